The minimum absolute atomic E-state index is 0.0460. The van der Waals surface area contributed by atoms with E-state index in [2.05, 4.69) is 15.6 Å². The lowest BCUT2D eigenvalue weighted by Crippen LogP contribution is -2.46. The molecule has 0 saturated carbocycles. The van der Waals surface area contributed by atoms with E-state index in [1.807, 2.05) is 24.3 Å². The number of nitrogens with one attached hydrogen (secondary N) is 2. The molecular weight excluding hydrogens is 575 g/mol. The number of alkyl carbamates (subject to hydrolysis) is 1. The number of ether oxygens (including phenoxy) is 4. The second-order valence-electron chi connectivity index (χ2n) is 13.1. The molecule has 0 bridgehead atoms. The van der Waals surface area contributed by atoms with Crippen LogP contribution in [0.15, 0.2) is 41.3 Å². The molecule has 3 heterocycles. The standard InChI is InChI=1S/C31H43FN4O8/c1-30(2,3)43-28(38)36-17-25(41-29(39)44-31(4,5)6)26(42-27(37)34-12-11-22-14-21(32)15-35-22)23(36)13-19-7-9-20(10-8-19)24-16-33-18-40-24/h7-10,16,18,21-23,25-26,35H,11-15,17H2,1-6H3,(H,34,37)/t21-,22+,23+,25-,26-/m0/s1. The van der Waals surface area contributed by atoms with Crippen molar-refractivity contribution >= 4 is 18.3 Å². The van der Waals surface area contributed by atoms with Crippen molar-refractivity contribution in [2.45, 2.75) is 102 Å². The number of amides is 2. The highest BCUT2D eigenvalue weighted by molar-refractivity contribution is 5.71. The second kappa shape index (κ2) is 13.8. The van der Waals surface area contributed by atoms with Gasteiger partial charge in [0.15, 0.2) is 24.4 Å². The molecule has 13 heteroatoms. The third-order valence-electron chi connectivity index (χ3n) is 7.08. The number of alkyl halides is 1. The van der Waals surface area contributed by atoms with Crippen LogP contribution in [0.4, 0.5) is 18.8 Å². The molecule has 2 aliphatic rings. The number of halogens is 1. The fraction of sp³-hybridized carbons (Fsp3) is 0.613. The molecule has 1 aromatic carbocycles. The van der Waals surface area contributed by atoms with Gasteiger partial charge in [0, 0.05) is 24.7 Å². The third kappa shape index (κ3) is 9.57. The Morgan fingerprint density at radius 3 is 2.36 bits per heavy atom. The van der Waals surface area contributed by atoms with E-state index in [0.717, 1.165) is 11.1 Å². The van der Waals surface area contributed by atoms with Crippen molar-refractivity contribution in [2.75, 3.05) is 19.6 Å². The van der Waals surface area contributed by atoms with E-state index in [9.17, 15) is 18.8 Å². The van der Waals surface area contributed by atoms with Gasteiger partial charge in [-0.1, -0.05) is 24.3 Å². The summed E-state index contributed by atoms with van der Waals surface area (Å²) >= 11 is 0. The third-order valence-corrected chi connectivity index (χ3v) is 7.08. The van der Waals surface area contributed by atoms with E-state index in [4.69, 9.17) is 23.4 Å². The minimum atomic E-state index is -1.05. The lowest BCUT2D eigenvalue weighted by atomic mass is 9.99. The zero-order valence-corrected chi connectivity index (χ0v) is 26.1. The normalized spacial score (nSPS) is 23.7. The molecule has 2 saturated heterocycles. The molecule has 5 atom stereocenters. The Balaban J connectivity index is 1.55. The van der Waals surface area contributed by atoms with Crippen molar-refractivity contribution in [1.29, 1.82) is 0 Å². The summed E-state index contributed by atoms with van der Waals surface area (Å²) in [4.78, 5) is 44.6. The van der Waals surface area contributed by atoms with Gasteiger partial charge in [-0.25, -0.2) is 23.8 Å². The van der Waals surface area contributed by atoms with Gasteiger partial charge in [0.2, 0.25) is 0 Å². The fourth-order valence-corrected chi connectivity index (χ4v) is 5.18. The van der Waals surface area contributed by atoms with Gasteiger partial charge in [0.25, 0.3) is 0 Å². The SMILES string of the molecule is CC(C)(C)OC(=O)O[C@H]1CN(C(=O)OC(C)(C)C)[C@H](Cc2ccc(-c3cnco3)cc2)[C@@H]1OC(=O)NCC[C@@H]1C[C@H](F)CN1. The monoisotopic (exact) mass is 618 g/mol. The first kappa shape index (κ1) is 33.0. The van der Waals surface area contributed by atoms with Gasteiger partial charge in [0.1, 0.15) is 17.4 Å². The van der Waals surface area contributed by atoms with Crippen molar-refractivity contribution in [3.63, 3.8) is 0 Å². The fourth-order valence-electron chi connectivity index (χ4n) is 5.18. The van der Waals surface area contributed by atoms with Crippen LogP contribution in [-0.4, -0.2) is 89.5 Å². The maximum absolute atomic E-state index is 13.5. The Kier molecular flexibility index (Phi) is 10.4. The summed E-state index contributed by atoms with van der Waals surface area (Å²) in [6.07, 6.45) is -1.23. The number of nitrogens with zero attached hydrogens (tertiary/aromatic N) is 2. The molecule has 2 fully saturated rings. The van der Waals surface area contributed by atoms with Gasteiger partial charge >= 0.3 is 18.3 Å². The molecule has 2 aliphatic heterocycles. The highest BCUT2D eigenvalue weighted by Crippen LogP contribution is 2.30. The molecule has 44 heavy (non-hydrogen) atoms. The Morgan fingerprint density at radius 1 is 1.07 bits per heavy atom. The van der Waals surface area contributed by atoms with Crippen LogP contribution in [0, 0.1) is 0 Å². The van der Waals surface area contributed by atoms with E-state index >= 15 is 0 Å². The molecule has 242 valence electrons. The van der Waals surface area contributed by atoms with Crippen LogP contribution < -0.4 is 10.6 Å². The Morgan fingerprint density at radius 2 is 1.77 bits per heavy atom. The highest BCUT2D eigenvalue weighted by atomic mass is 19.1. The summed E-state index contributed by atoms with van der Waals surface area (Å²) in [7, 11) is 0. The van der Waals surface area contributed by atoms with E-state index in [-0.39, 0.29) is 25.6 Å². The number of carbonyl (C=O) groups excluding carboxylic acids is 3. The van der Waals surface area contributed by atoms with E-state index in [0.29, 0.717) is 25.1 Å². The number of oxazole rings is 1. The van der Waals surface area contributed by atoms with Gasteiger partial charge in [-0.15, -0.1) is 0 Å². The first-order valence-electron chi connectivity index (χ1n) is 14.9. The Labute approximate surface area is 256 Å². The zero-order valence-electron chi connectivity index (χ0n) is 26.1. The maximum atomic E-state index is 13.5. The summed E-state index contributed by atoms with van der Waals surface area (Å²) in [6.45, 7) is 10.8. The predicted molar refractivity (Wildman–Crippen MR) is 158 cm³/mol. The lowest BCUT2D eigenvalue weighted by molar-refractivity contribution is -0.0518. The van der Waals surface area contributed by atoms with Gasteiger partial charge in [-0.05, 0) is 66.4 Å². The predicted octanol–water partition coefficient (Wildman–Crippen LogP) is 5.01. The van der Waals surface area contributed by atoms with Crippen LogP contribution in [0.2, 0.25) is 0 Å². The number of likely N-dealkylation sites (tertiary alicyclic amines) is 1. The summed E-state index contributed by atoms with van der Waals surface area (Å²) in [5.41, 5.74) is 0.0133. The average molecular weight is 619 g/mol. The average Bonchev–Trinajstić information content (AvgIpc) is 3.65. The lowest BCUT2D eigenvalue weighted by Gasteiger charge is -2.30. The number of aromatic nitrogens is 1. The maximum Gasteiger partial charge on any atom is 0.509 e. The molecule has 0 radical (unpaired) electrons. The van der Waals surface area contributed by atoms with Crippen molar-refractivity contribution in [2.24, 2.45) is 0 Å². The quantitative estimate of drug-likeness (QED) is 0.306. The number of hydrogen-bond acceptors (Lipinski definition) is 10. The van der Waals surface area contributed by atoms with Crippen LogP contribution >= 0.6 is 0 Å². The Bertz CT molecular complexity index is 1260. The van der Waals surface area contributed by atoms with E-state index < -0.39 is 54.0 Å². The van der Waals surface area contributed by atoms with Crippen LogP contribution in [-0.2, 0) is 25.4 Å². The topological polar surface area (TPSA) is 141 Å². The van der Waals surface area contributed by atoms with Gasteiger partial charge in [0.05, 0.1) is 18.8 Å². The highest BCUT2D eigenvalue weighted by Gasteiger charge is 2.50. The van der Waals surface area contributed by atoms with E-state index in [1.54, 1.807) is 47.7 Å². The smallest absolute Gasteiger partial charge is 0.444 e. The number of hydrogen-bond donors (Lipinski definition) is 2. The number of benzene rings is 1. The molecule has 4 rings (SSSR count). The molecule has 12 nitrogen and oxygen atoms in total. The summed E-state index contributed by atoms with van der Waals surface area (Å²) < 4.78 is 41.5. The molecule has 1 aromatic heterocycles. The van der Waals surface area contributed by atoms with Crippen LogP contribution in [0.5, 0.6) is 0 Å². The van der Waals surface area contributed by atoms with Crippen molar-refractivity contribution in [3.05, 3.63) is 42.4 Å². The minimum Gasteiger partial charge on any atom is -0.444 e. The molecule has 0 unspecified atom stereocenters. The van der Waals surface area contributed by atoms with Crippen LogP contribution in [0.3, 0.4) is 0 Å². The summed E-state index contributed by atoms with van der Waals surface area (Å²) in [5, 5.41) is 5.79. The first-order chi connectivity index (χ1) is 20.7. The van der Waals surface area contributed by atoms with Gasteiger partial charge < -0.3 is 34.0 Å². The summed E-state index contributed by atoms with van der Waals surface area (Å²) in [6, 6.07) is 6.67. The molecule has 2 aromatic rings. The van der Waals surface area contributed by atoms with Crippen LogP contribution in [0.1, 0.15) is 59.9 Å². The second-order valence-corrected chi connectivity index (χ2v) is 13.1. The van der Waals surface area contributed by atoms with Gasteiger partial charge in [-0.3, -0.25) is 4.90 Å². The largest absolute Gasteiger partial charge is 0.509 e. The van der Waals surface area contributed by atoms with Crippen molar-refractivity contribution in [1.82, 2.24) is 20.5 Å². The first-order valence-corrected chi connectivity index (χ1v) is 14.9. The Hall–Kier alpha value is -3.87. The number of carbonyl (C=O) groups is 3. The molecule has 2 N–H and O–H groups in total. The van der Waals surface area contributed by atoms with Crippen LogP contribution in [0.25, 0.3) is 11.3 Å². The van der Waals surface area contributed by atoms with Gasteiger partial charge in [-0.2, -0.15) is 0 Å². The summed E-state index contributed by atoms with van der Waals surface area (Å²) in [5.74, 6) is 0.603. The van der Waals surface area contributed by atoms with Crippen molar-refractivity contribution < 1.29 is 42.1 Å². The van der Waals surface area contributed by atoms with Crippen molar-refractivity contribution in [3.8, 4) is 11.3 Å². The zero-order chi connectivity index (χ0) is 32.1. The molecular formula is C31H43FN4O8. The van der Waals surface area contributed by atoms with E-state index in [1.165, 1.54) is 11.3 Å². The molecule has 2 amide bonds. The number of rotatable bonds is 8. The molecule has 0 spiro atoms. The molecule has 0 aliphatic carbocycles.